The third kappa shape index (κ3) is 6.30. The van der Waals surface area contributed by atoms with Crippen LogP contribution in [0, 0.1) is 0 Å². The van der Waals surface area contributed by atoms with Crippen LogP contribution >= 0.6 is 12.2 Å². The molecule has 0 unspecified atom stereocenters. The van der Waals surface area contributed by atoms with Gasteiger partial charge in [0.25, 0.3) is 0 Å². The van der Waals surface area contributed by atoms with E-state index in [-0.39, 0.29) is 0 Å². The fraction of sp³-hybridized carbons (Fsp3) is 0.588. The van der Waals surface area contributed by atoms with Crippen LogP contribution in [-0.2, 0) is 15.9 Å². The summed E-state index contributed by atoms with van der Waals surface area (Å²) in [4.78, 5) is 0. The molecule has 2 N–H and O–H groups in total. The summed E-state index contributed by atoms with van der Waals surface area (Å²) in [5.41, 5.74) is 2.34. The molecule has 1 fully saturated rings. The van der Waals surface area contributed by atoms with E-state index in [0.29, 0.717) is 17.8 Å². The topological polar surface area (TPSA) is 42.5 Å². The first-order valence-corrected chi connectivity index (χ1v) is 8.52. The first-order valence-electron chi connectivity index (χ1n) is 8.11. The number of ether oxygens (including phenoxy) is 2. The summed E-state index contributed by atoms with van der Waals surface area (Å²) in [7, 11) is 0. The molecular formula is C17H26N2O2S. The lowest BCUT2D eigenvalue weighted by Gasteiger charge is -2.12. The van der Waals surface area contributed by atoms with Crippen LogP contribution in [0.15, 0.2) is 24.3 Å². The molecular weight excluding hydrogens is 296 g/mol. The minimum absolute atomic E-state index is 0.307. The molecule has 1 atom stereocenters. The molecule has 1 saturated heterocycles. The summed E-state index contributed by atoms with van der Waals surface area (Å²) in [6, 6.07) is 8.34. The molecule has 1 aliphatic heterocycles. The molecule has 1 aromatic carbocycles. The molecule has 0 bridgehead atoms. The number of hydrogen-bond donors (Lipinski definition) is 2. The first-order chi connectivity index (χ1) is 10.8. The van der Waals surface area contributed by atoms with E-state index in [2.05, 4.69) is 41.8 Å². The molecule has 122 valence electrons. The highest BCUT2D eigenvalue weighted by atomic mass is 32.1. The lowest BCUT2D eigenvalue weighted by Crippen LogP contribution is -2.30. The van der Waals surface area contributed by atoms with E-state index in [0.717, 1.165) is 51.1 Å². The number of aryl methyl sites for hydroxylation is 1. The van der Waals surface area contributed by atoms with E-state index in [1.807, 2.05) is 0 Å². The normalized spacial score (nSPS) is 17.4. The van der Waals surface area contributed by atoms with Crippen molar-refractivity contribution in [1.82, 2.24) is 5.32 Å². The molecule has 0 aliphatic carbocycles. The van der Waals surface area contributed by atoms with Crippen LogP contribution in [0.4, 0.5) is 5.69 Å². The molecule has 0 spiro atoms. The SMILES string of the molecule is CCc1ccc(NC(=S)NCCCOC[C@@H]2CCCO2)cc1. The van der Waals surface area contributed by atoms with Gasteiger partial charge in [-0.3, -0.25) is 0 Å². The maximum Gasteiger partial charge on any atom is 0.170 e. The zero-order valence-corrected chi connectivity index (χ0v) is 14.1. The van der Waals surface area contributed by atoms with Crippen molar-refractivity contribution in [2.75, 3.05) is 31.7 Å². The lowest BCUT2D eigenvalue weighted by molar-refractivity contribution is 0.0168. The predicted molar refractivity (Wildman–Crippen MR) is 94.5 cm³/mol. The Labute approximate surface area is 138 Å². The van der Waals surface area contributed by atoms with Crippen LogP contribution in [0.1, 0.15) is 31.7 Å². The van der Waals surface area contributed by atoms with Crippen molar-refractivity contribution in [3.05, 3.63) is 29.8 Å². The van der Waals surface area contributed by atoms with E-state index >= 15 is 0 Å². The molecule has 0 amide bonds. The summed E-state index contributed by atoms with van der Waals surface area (Å²) in [6.45, 7) is 5.29. The summed E-state index contributed by atoms with van der Waals surface area (Å²) in [5.74, 6) is 0. The fourth-order valence-corrected chi connectivity index (χ4v) is 2.59. The predicted octanol–water partition coefficient (Wildman–Crippen LogP) is 3.12. The Morgan fingerprint density at radius 2 is 2.18 bits per heavy atom. The number of nitrogens with one attached hydrogen (secondary N) is 2. The number of benzene rings is 1. The molecule has 1 aromatic rings. The van der Waals surface area contributed by atoms with E-state index in [1.54, 1.807) is 0 Å². The summed E-state index contributed by atoms with van der Waals surface area (Å²) < 4.78 is 11.1. The Balaban J connectivity index is 1.51. The van der Waals surface area contributed by atoms with Gasteiger partial charge in [-0.05, 0) is 55.6 Å². The highest BCUT2D eigenvalue weighted by molar-refractivity contribution is 7.80. The third-order valence-corrected chi connectivity index (χ3v) is 3.95. The maximum absolute atomic E-state index is 5.61. The van der Waals surface area contributed by atoms with Gasteiger partial charge >= 0.3 is 0 Å². The molecule has 22 heavy (non-hydrogen) atoms. The van der Waals surface area contributed by atoms with E-state index in [4.69, 9.17) is 21.7 Å². The van der Waals surface area contributed by atoms with E-state index in [1.165, 1.54) is 5.56 Å². The van der Waals surface area contributed by atoms with Crippen molar-refractivity contribution in [3.63, 3.8) is 0 Å². The second-order valence-corrected chi connectivity index (χ2v) is 5.90. The van der Waals surface area contributed by atoms with Crippen molar-refractivity contribution in [3.8, 4) is 0 Å². The van der Waals surface area contributed by atoms with Gasteiger partial charge in [-0.2, -0.15) is 0 Å². The van der Waals surface area contributed by atoms with Crippen LogP contribution in [-0.4, -0.2) is 37.6 Å². The van der Waals surface area contributed by atoms with Crippen molar-refractivity contribution in [2.24, 2.45) is 0 Å². The highest BCUT2D eigenvalue weighted by Crippen LogP contribution is 2.12. The van der Waals surface area contributed by atoms with Gasteiger partial charge < -0.3 is 20.1 Å². The quantitative estimate of drug-likeness (QED) is 0.568. The third-order valence-electron chi connectivity index (χ3n) is 3.70. The van der Waals surface area contributed by atoms with Crippen molar-refractivity contribution in [2.45, 2.75) is 38.7 Å². The smallest absolute Gasteiger partial charge is 0.170 e. The van der Waals surface area contributed by atoms with E-state index in [9.17, 15) is 0 Å². The molecule has 4 nitrogen and oxygen atoms in total. The molecule has 1 aliphatic rings. The van der Waals surface area contributed by atoms with Gasteiger partial charge in [0.15, 0.2) is 5.11 Å². The van der Waals surface area contributed by atoms with Crippen LogP contribution in [0.5, 0.6) is 0 Å². The van der Waals surface area contributed by atoms with Crippen LogP contribution in [0.3, 0.4) is 0 Å². The Bertz CT molecular complexity index is 444. The number of hydrogen-bond acceptors (Lipinski definition) is 3. The van der Waals surface area contributed by atoms with Gasteiger partial charge in [0.05, 0.1) is 12.7 Å². The van der Waals surface area contributed by atoms with Gasteiger partial charge in [-0.15, -0.1) is 0 Å². The monoisotopic (exact) mass is 322 g/mol. The molecule has 0 saturated carbocycles. The second-order valence-electron chi connectivity index (χ2n) is 5.49. The summed E-state index contributed by atoms with van der Waals surface area (Å²) in [6.07, 6.45) is 4.58. The first kappa shape index (κ1) is 17.2. The van der Waals surface area contributed by atoms with Crippen molar-refractivity contribution < 1.29 is 9.47 Å². The molecule has 5 heteroatoms. The van der Waals surface area contributed by atoms with Crippen LogP contribution < -0.4 is 10.6 Å². The van der Waals surface area contributed by atoms with Gasteiger partial charge in [0.2, 0.25) is 0 Å². The largest absolute Gasteiger partial charge is 0.379 e. The Kier molecular flexibility index (Phi) is 7.63. The van der Waals surface area contributed by atoms with Gasteiger partial charge in [0, 0.05) is 25.4 Å². The second kappa shape index (κ2) is 9.77. The lowest BCUT2D eigenvalue weighted by atomic mass is 10.1. The number of rotatable bonds is 8. The minimum Gasteiger partial charge on any atom is -0.379 e. The zero-order chi connectivity index (χ0) is 15.6. The molecule has 0 aromatic heterocycles. The molecule has 0 radical (unpaired) electrons. The molecule has 2 rings (SSSR count). The standard InChI is InChI=1S/C17H26N2O2S/c1-2-14-6-8-15(9-7-14)19-17(22)18-10-4-11-20-13-16-5-3-12-21-16/h6-9,16H,2-5,10-13H2,1H3,(H2,18,19,22)/t16-/m0/s1. The van der Waals surface area contributed by atoms with Gasteiger partial charge in [-0.25, -0.2) is 0 Å². The Hall–Kier alpha value is -1.17. The average molecular weight is 322 g/mol. The Morgan fingerprint density at radius 1 is 1.36 bits per heavy atom. The van der Waals surface area contributed by atoms with Crippen LogP contribution in [0.25, 0.3) is 0 Å². The molecule has 1 heterocycles. The Morgan fingerprint density at radius 3 is 2.86 bits per heavy atom. The van der Waals surface area contributed by atoms with Crippen LogP contribution in [0.2, 0.25) is 0 Å². The summed E-state index contributed by atoms with van der Waals surface area (Å²) >= 11 is 5.28. The van der Waals surface area contributed by atoms with Crippen molar-refractivity contribution in [1.29, 1.82) is 0 Å². The average Bonchev–Trinajstić information content (AvgIpc) is 3.05. The zero-order valence-electron chi connectivity index (χ0n) is 13.3. The maximum atomic E-state index is 5.61. The van der Waals surface area contributed by atoms with E-state index < -0.39 is 0 Å². The highest BCUT2D eigenvalue weighted by Gasteiger charge is 2.14. The summed E-state index contributed by atoms with van der Waals surface area (Å²) in [5, 5.41) is 7.04. The van der Waals surface area contributed by atoms with Crippen molar-refractivity contribution >= 4 is 23.0 Å². The van der Waals surface area contributed by atoms with Gasteiger partial charge in [-0.1, -0.05) is 19.1 Å². The number of thiocarbonyl (C=S) groups is 1. The minimum atomic E-state index is 0.307. The number of anilines is 1. The fourth-order valence-electron chi connectivity index (χ4n) is 2.37. The van der Waals surface area contributed by atoms with Gasteiger partial charge in [0.1, 0.15) is 0 Å².